The van der Waals surface area contributed by atoms with E-state index in [2.05, 4.69) is 4.72 Å². The molecule has 1 atom stereocenters. The Morgan fingerprint density at radius 3 is 2.67 bits per heavy atom. The Kier molecular flexibility index (Phi) is 4.66. The minimum atomic E-state index is -3.89. The molecule has 0 saturated heterocycles. The van der Waals surface area contributed by atoms with Crippen LogP contribution in [-0.2, 0) is 14.8 Å². The van der Waals surface area contributed by atoms with Gasteiger partial charge in [0.15, 0.2) is 0 Å². The van der Waals surface area contributed by atoms with E-state index >= 15 is 0 Å². The van der Waals surface area contributed by atoms with E-state index in [9.17, 15) is 17.6 Å². The number of hydrogen-bond acceptors (Lipinski definition) is 3. The second kappa shape index (κ2) is 5.64. The molecule has 0 fully saturated rings. The summed E-state index contributed by atoms with van der Waals surface area (Å²) in [6, 6.07) is 2.94. The quantitative estimate of drug-likeness (QED) is 0.862. The predicted octanol–water partition coefficient (Wildman–Crippen LogP) is 1.48. The maximum atomic E-state index is 12.9. The van der Waals surface area contributed by atoms with Crippen LogP contribution < -0.4 is 4.72 Å². The first-order valence-electron chi connectivity index (χ1n) is 4.91. The highest BCUT2D eigenvalue weighted by atomic mass is 35.5. The third-order valence-corrected chi connectivity index (χ3v) is 3.91. The zero-order valence-electron chi connectivity index (χ0n) is 9.35. The van der Waals surface area contributed by atoms with Crippen LogP contribution in [0, 0.1) is 11.7 Å². The average molecular weight is 296 g/mol. The molecule has 0 aliphatic rings. The van der Waals surface area contributed by atoms with Gasteiger partial charge in [0.1, 0.15) is 5.82 Å². The highest BCUT2D eigenvalue weighted by Crippen LogP contribution is 2.19. The van der Waals surface area contributed by atoms with E-state index in [1.165, 1.54) is 6.92 Å². The monoisotopic (exact) mass is 295 g/mol. The van der Waals surface area contributed by atoms with E-state index in [-0.39, 0.29) is 16.5 Å². The molecule has 0 aliphatic heterocycles. The molecule has 1 rings (SSSR count). The van der Waals surface area contributed by atoms with Crippen molar-refractivity contribution in [2.45, 2.75) is 11.8 Å². The van der Waals surface area contributed by atoms with Gasteiger partial charge in [-0.3, -0.25) is 4.79 Å². The van der Waals surface area contributed by atoms with Crippen LogP contribution in [0.5, 0.6) is 0 Å². The summed E-state index contributed by atoms with van der Waals surface area (Å²) in [5.41, 5.74) is 0. The van der Waals surface area contributed by atoms with Gasteiger partial charge in [-0.15, -0.1) is 0 Å². The lowest BCUT2D eigenvalue weighted by atomic mass is 10.2. The van der Waals surface area contributed by atoms with Gasteiger partial charge in [-0.05, 0) is 18.2 Å². The first-order valence-corrected chi connectivity index (χ1v) is 6.77. The van der Waals surface area contributed by atoms with Crippen LogP contribution in [0.4, 0.5) is 4.39 Å². The van der Waals surface area contributed by atoms with Gasteiger partial charge in [-0.1, -0.05) is 18.5 Å². The average Bonchev–Trinajstić information content (AvgIpc) is 2.29. The Labute approximate surface area is 109 Å². The van der Waals surface area contributed by atoms with E-state index in [1.807, 2.05) is 0 Å². The summed E-state index contributed by atoms with van der Waals surface area (Å²) in [5, 5.41) is 8.31. The van der Waals surface area contributed by atoms with Gasteiger partial charge < -0.3 is 5.11 Å². The van der Waals surface area contributed by atoms with Crippen LogP contribution in [-0.4, -0.2) is 26.0 Å². The Morgan fingerprint density at radius 1 is 1.56 bits per heavy atom. The third-order valence-electron chi connectivity index (χ3n) is 2.20. The molecule has 0 radical (unpaired) electrons. The molecule has 0 aliphatic carbocycles. The van der Waals surface area contributed by atoms with E-state index in [1.54, 1.807) is 0 Å². The first kappa shape index (κ1) is 14.9. The lowest BCUT2D eigenvalue weighted by Gasteiger charge is -2.09. The van der Waals surface area contributed by atoms with Crippen molar-refractivity contribution in [3.05, 3.63) is 29.0 Å². The second-order valence-electron chi connectivity index (χ2n) is 3.67. The molecular formula is C10H11ClFNO4S. The predicted molar refractivity (Wildman–Crippen MR) is 63.4 cm³/mol. The van der Waals surface area contributed by atoms with Crippen molar-refractivity contribution < 1.29 is 22.7 Å². The molecule has 0 bridgehead atoms. The van der Waals surface area contributed by atoms with E-state index in [4.69, 9.17) is 16.7 Å². The van der Waals surface area contributed by atoms with Crippen LogP contribution >= 0.6 is 11.6 Å². The maximum absolute atomic E-state index is 12.9. The number of carbonyl (C=O) groups is 1. The van der Waals surface area contributed by atoms with Crippen molar-refractivity contribution in [1.82, 2.24) is 4.72 Å². The van der Waals surface area contributed by atoms with Crippen LogP contribution in [0.15, 0.2) is 23.1 Å². The first-order chi connectivity index (χ1) is 8.24. The molecule has 1 aromatic carbocycles. The fourth-order valence-corrected chi connectivity index (χ4v) is 2.45. The van der Waals surface area contributed by atoms with Gasteiger partial charge >= 0.3 is 5.97 Å². The number of aliphatic carboxylic acids is 1. The minimum Gasteiger partial charge on any atom is -0.481 e. The summed E-state index contributed by atoms with van der Waals surface area (Å²) in [6.07, 6.45) is 0. The number of sulfonamides is 1. The van der Waals surface area contributed by atoms with Crippen LogP contribution in [0.25, 0.3) is 0 Å². The maximum Gasteiger partial charge on any atom is 0.307 e. The van der Waals surface area contributed by atoms with Crippen molar-refractivity contribution in [3.8, 4) is 0 Å². The van der Waals surface area contributed by atoms with Crippen molar-refractivity contribution in [2.75, 3.05) is 6.54 Å². The number of benzene rings is 1. The van der Waals surface area contributed by atoms with Gasteiger partial charge in [-0.25, -0.2) is 17.5 Å². The largest absolute Gasteiger partial charge is 0.481 e. The molecule has 8 heteroatoms. The van der Waals surface area contributed by atoms with Crippen molar-refractivity contribution in [1.29, 1.82) is 0 Å². The van der Waals surface area contributed by atoms with Crippen LogP contribution in [0.3, 0.4) is 0 Å². The lowest BCUT2D eigenvalue weighted by molar-refractivity contribution is -0.140. The fraction of sp³-hybridized carbons (Fsp3) is 0.300. The van der Waals surface area contributed by atoms with Gasteiger partial charge in [0.25, 0.3) is 0 Å². The summed E-state index contributed by atoms with van der Waals surface area (Å²) in [7, 11) is -3.89. The molecule has 1 unspecified atom stereocenters. The molecule has 0 spiro atoms. The molecule has 0 heterocycles. The number of rotatable bonds is 5. The normalized spacial score (nSPS) is 13.3. The smallest absolute Gasteiger partial charge is 0.307 e. The highest BCUT2D eigenvalue weighted by Gasteiger charge is 2.19. The molecule has 0 aromatic heterocycles. The molecule has 18 heavy (non-hydrogen) atoms. The van der Waals surface area contributed by atoms with Crippen LogP contribution in [0.2, 0.25) is 5.02 Å². The standard InChI is InChI=1S/C10H11ClFNO4S/c1-6(10(14)15)5-13-18(16,17)7-2-3-9(12)8(11)4-7/h2-4,6,13H,5H2,1H3,(H,14,15). The molecule has 1 aromatic rings. The summed E-state index contributed by atoms with van der Waals surface area (Å²) in [6.45, 7) is 1.11. The number of hydrogen-bond donors (Lipinski definition) is 2. The summed E-state index contributed by atoms with van der Waals surface area (Å²) >= 11 is 5.47. The third kappa shape index (κ3) is 3.66. The topological polar surface area (TPSA) is 83.5 Å². The molecule has 0 saturated carbocycles. The molecule has 100 valence electrons. The fourth-order valence-electron chi connectivity index (χ4n) is 1.05. The van der Waals surface area contributed by atoms with Crippen LogP contribution in [0.1, 0.15) is 6.92 Å². The number of carboxylic acids is 1. The molecule has 5 nitrogen and oxygen atoms in total. The Bertz CT molecular complexity index is 561. The highest BCUT2D eigenvalue weighted by molar-refractivity contribution is 7.89. The number of halogens is 2. The number of nitrogens with one attached hydrogen (secondary N) is 1. The molecular weight excluding hydrogens is 285 g/mol. The van der Waals surface area contributed by atoms with Crippen molar-refractivity contribution >= 4 is 27.6 Å². The molecule has 0 amide bonds. The van der Waals surface area contributed by atoms with Gasteiger partial charge in [0.05, 0.1) is 15.8 Å². The zero-order valence-corrected chi connectivity index (χ0v) is 10.9. The summed E-state index contributed by atoms with van der Waals surface area (Å²) in [4.78, 5) is 10.3. The van der Waals surface area contributed by atoms with Crippen molar-refractivity contribution in [3.63, 3.8) is 0 Å². The summed E-state index contributed by atoms with van der Waals surface area (Å²) in [5.74, 6) is -2.71. The zero-order chi connectivity index (χ0) is 13.9. The second-order valence-corrected chi connectivity index (χ2v) is 5.84. The van der Waals surface area contributed by atoms with E-state index in [0.717, 1.165) is 18.2 Å². The van der Waals surface area contributed by atoms with Gasteiger partial charge in [-0.2, -0.15) is 0 Å². The van der Waals surface area contributed by atoms with Gasteiger partial charge in [0, 0.05) is 6.54 Å². The Morgan fingerprint density at radius 2 is 2.17 bits per heavy atom. The molecule has 2 N–H and O–H groups in total. The Hall–Kier alpha value is -1.18. The summed E-state index contributed by atoms with van der Waals surface area (Å²) < 4.78 is 38.5. The minimum absolute atomic E-state index is 0.216. The van der Waals surface area contributed by atoms with E-state index in [0.29, 0.717) is 0 Å². The van der Waals surface area contributed by atoms with Gasteiger partial charge in [0.2, 0.25) is 10.0 Å². The Balaban J connectivity index is 2.87. The van der Waals surface area contributed by atoms with Crippen molar-refractivity contribution in [2.24, 2.45) is 5.92 Å². The SMILES string of the molecule is CC(CNS(=O)(=O)c1ccc(F)c(Cl)c1)C(=O)O. The lowest BCUT2D eigenvalue weighted by Crippen LogP contribution is -2.31. The number of carboxylic acid groups (broad SMARTS) is 1. The van der Waals surface area contributed by atoms with E-state index < -0.39 is 27.7 Å².